The van der Waals surface area contributed by atoms with Gasteiger partial charge in [0.05, 0.1) is 18.5 Å². The Morgan fingerprint density at radius 1 is 0.724 bits per heavy atom. The van der Waals surface area contributed by atoms with Gasteiger partial charge in [-0.1, -0.05) is 60.3 Å². The van der Waals surface area contributed by atoms with E-state index < -0.39 is 6.23 Å². The minimum absolute atomic E-state index is 0.0636. The largest absolute Gasteiger partial charge is 0.379 e. The highest BCUT2D eigenvalue weighted by Crippen LogP contribution is 2.40. The fourth-order valence-electron chi connectivity index (χ4n) is 3.33. The Labute approximate surface area is 181 Å². The Kier molecular flexibility index (Phi) is 7.30. The van der Waals surface area contributed by atoms with Crippen LogP contribution in [0, 0.1) is 0 Å². The fourth-order valence-corrected chi connectivity index (χ4v) is 5.36. The summed E-state index contributed by atoms with van der Waals surface area (Å²) in [7, 11) is 0. The molecule has 0 unspecified atom stereocenters. The first kappa shape index (κ1) is 20.5. The van der Waals surface area contributed by atoms with Crippen molar-refractivity contribution in [1.82, 2.24) is 4.90 Å². The van der Waals surface area contributed by atoms with Crippen LogP contribution in [0.3, 0.4) is 0 Å². The zero-order valence-electron chi connectivity index (χ0n) is 16.2. The zero-order valence-corrected chi connectivity index (χ0v) is 17.8. The molecule has 1 saturated heterocycles. The van der Waals surface area contributed by atoms with Gasteiger partial charge in [0, 0.05) is 27.8 Å². The van der Waals surface area contributed by atoms with Crippen LogP contribution >= 0.6 is 23.5 Å². The number of rotatable bonds is 7. The molecule has 3 aromatic rings. The molecule has 0 aromatic heterocycles. The number of hydrogen-bond acceptors (Lipinski definition) is 5. The summed E-state index contributed by atoms with van der Waals surface area (Å²) in [5.41, 5.74) is 1.13. The maximum absolute atomic E-state index is 11.2. The lowest BCUT2D eigenvalue weighted by Gasteiger charge is -2.35. The molecule has 0 saturated carbocycles. The second kappa shape index (κ2) is 10.3. The first-order valence-corrected chi connectivity index (χ1v) is 11.5. The van der Waals surface area contributed by atoms with Crippen molar-refractivity contribution in [2.24, 2.45) is 0 Å². The average molecular weight is 424 g/mol. The molecule has 0 radical (unpaired) electrons. The van der Waals surface area contributed by atoms with E-state index >= 15 is 0 Å². The number of aliphatic hydroxyl groups excluding tert-OH is 1. The second-order valence-corrected chi connectivity index (χ2v) is 9.26. The summed E-state index contributed by atoms with van der Waals surface area (Å²) in [6, 6.07) is 29.3. The Hall–Kier alpha value is -1.76. The van der Waals surface area contributed by atoms with Crippen molar-refractivity contribution in [3.05, 3.63) is 90.5 Å². The number of aliphatic hydroxyl groups is 1. The van der Waals surface area contributed by atoms with Crippen LogP contribution in [0.2, 0.25) is 0 Å². The smallest absolute Gasteiger partial charge is 0.124 e. The highest BCUT2D eigenvalue weighted by molar-refractivity contribution is 7.99. The summed E-state index contributed by atoms with van der Waals surface area (Å²) in [6.07, 6.45) is -0.559. The van der Waals surface area contributed by atoms with Gasteiger partial charge in [0.1, 0.15) is 6.23 Å². The van der Waals surface area contributed by atoms with Crippen LogP contribution < -0.4 is 0 Å². The quantitative estimate of drug-likeness (QED) is 0.520. The van der Waals surface area contributed by atoms with Crippen LogP contribution in [-0.4, -0.2) is 42.5 Å². The van der Waals surface area contributed by atoms with E-state index in [2.05, 4.69) is 65.6 Å². The van der Waals surface area contributed by atoms with Gasteiger partial charge >= 0.3 is 0 Å². The van der Waals surface area contributed by atoms with Gasteiger partial charge in [-0.25, -0.2) is 0 Å². The maximum atomic E-state index is 11.2. The fraction of sp³-hybridized carbons (Fsp3) is 0.250. The van der Waals surface area contributed by atoms with Crippen molar-refractivity contribution in [3.63, 3.8) is 0 Å². The van der Waals surface area contributed by atoms with E-state index in [1.54, 1.807) is 23.5 Å². The molecule has 1 fully saturated rings. The molecule has 4 rings (SSSR count). The summed E-state index contributed by atoms with van der Waals surface area (Å²) >= 11 is 3.47. The molecule has 0 aliphatic carbocycles. The third-order valence-corrected chi connectivity index (χ3v) is 7.21. The van der Waals surface area contributed by atoms with E-state index in [1.807, 2.05) is 24.3 Å². The van der Waals surface area contributed by atoms with Crippen molar-refractivity contribution < 1.29 is 9.84 Å². The van der Waals surface area contributed by atoms with Crippen LogP contribution in [-0.2, 0) is 4.74 Å². The Balaban J connectivity index is 1.54. The minimum Gasteiger partial charge on any atom is -0.379 e. The highest BCUT2D eigenvalue weighted by Gasteiger charge is 2.29. The normalized spacial score (nSPS) is 17.0. The van der Waals surface area contributed by atoms with Crippen molar-refractivity contribution in [2.45, 2.75) is 26.2 Å². The third kappa shape index (κ3) is 5.65. The number of ether oxygens (including phenoxy) is 1. The lowest BCUT2D eigenvalue weighted by molar-refractivity contribution is -0.0589. The number of thioether (sulfide) groups is 1. The molecule has 0 bridgehead atoms. The number of benzene rings is 3. The van der Waals surface area contributed by atoms with Crippen LogP contribution in [0.4, 0.5) is 0 Å². The van der Waals surface area contributed by atoms with E-state index in [1.165, 1.54) is 9.79 Å². The Morgan fingerprint density at radius 2 is 1.28 bits per heavy atom. The summed E-state index contributed by atoms with van der Waals surface area (Å²) in [6.45, 7) is 2.86. The second-order valence-electron chi connectivity index (χ2n) is 6.90. The Morgan fingerprint density at radius 3 is 1.90 bits per heavy atom. The number of morpholine rings is 1. The molecule has 0 spiro atoms. The molecular weight excluding hydrogens is 398 g/mol. The van der Waals surface area contributed by atoms with Gasteiger partial charge in [0.2, 0.25) is 0 Å². The van der Waals surface area contributed by atoms with E-state index in [-0.39, 0.29) is 5.25 Å². The summed E-state index contributed by atoms with van der Waals surface area (Å²) in [4.78, 5) is 5.71. The number of hydrogen-bond donors (Lipinski definition) is 1. The first-order chi connectivity index (χ1) is 14.3. The SMILES string of the molecule is O[C@H]([C@H](Sc1ccccc1)c1ccc(Sc2ccccc2)cc1)N1CCOCC1. The van der Waals surface area contributed by atoms with Gasteiger partial charge in [0.25, 0.3) is 0 Å². The van der Waals surface area contributed by atoms with E-state index in [0.29, 0.717) is 13.2 Å². The topological polar surface area (TPSA) is 32.7 Å². The Bertz CT molecular complexity index is 868. The van der Waals surface area contributed by atoms with Crippen LogP contribution in [0.25, 0.3) is 0 Å². The van der Waals surface area contributed by atoms with Gasteiger partial charge in [-0.2, -0.15) is 0 Å². The van der Waals surface area contributed by atoms with E-state index in [9.17, 15) is 5.11 Å². The van der Waals surface area contributed by atoms with Crippen LogP contribution in [0.5, 0.6) is 0 Å². The molecule has 29 heavy (non-hydrogen) atoms. The van der Waals surface area contributed by atoms with Crippen molar-refractivity contribution in [1.29, 1.82) is 0 Å². The molecular formula is C24H25NO2S2. The molecule has 1 heterocycles. The summed E-state index contributed by atoms with van der Waals surface area (Å²) in [5, 5.41) is 11.1. The van der Waals surface area contributed by atoms with Gasteiger partial charge in [-0.3, -0.25) is 4.90 Å². The zero-order chi connectivity index (χ0) is 19.9. The van der Waals surface area contributed by atoms with Gasteiger partial charge in [-0.05, 0) is 42.0 Å². The summed E-state index contributed by atoms with van der Waals surface area (Å²) in [5.74, 6) is 0. The minimum atomic E-state index is -0.559. The average Bonchev–Trinajstić information content (AvgIpc) is 2.80. The maximum Gasteiger partial charge on any atom is 0.124 e. The highest BCUT2D eigenvalue weighted by atomic mass is 32.2. The van der Waals surface area contributed by atoms with E-state index in [0.717, 1.165) is 23.5 Å². The molecule has 5 heteroatoms. The lowest BCUT2D eigenvalue weighted by atomic mass is 10.1. The number of nitrogens with zero attached hydrogens (tertiary/aromatic N) is 1. The van der Waals surface area contributed by atoms with Crippen molar-refractivity contribution in [2.75, 3.05) is 26.3 Å². The van der Waals surface area contributed by atoms with Crippen LogP contribution in [0.1, 0.15) is 10.8 Å². The van der Waals surface area contributed by atoms with E-state index in [4.69, 9.17) is 4.74 Å². The molecule has 3 nitrogen and oxygen atoms in total. The third-order valence-electron chi connectivity index (χ3n) is 4.88. The molecule has 0 amide bonds. The monoisotopic (exact) mass is 423 g/mol. The molecule has 3 aromatic carbocycles. The molecule has 1 N–H and O–H groups in total. The standard InChI is InChI=1S/C24H25NO2S2/c26-24(25-15-17-27-18-16-25)23(29-21-9-5-2-6-10-21)19-11-13-22(14-12-19)28-20-7-3-1-4-8-20/h1-14,23-24,26H,15-18H2/t23-,24-/m1/s1. The van der Waals surface area contributed by atoms with Crippen LogP contribution in [0.15, 0.2) is 99.6 Å². The predicted octanol–water partition coefficient (Wildman–Crippen LogP) is 5.32. The molecule has 1 aliphatic rings. The molecule has 150 valence electrons. The van der Waals surface area contributed by atoms with Crippen molar-refractivity contribution >= 4 is 23.5 Å². The van der Waals surface area contributed by atoms with Gasteiger partial charge in [0.15, 0.2) is 0 Å². The van der Waals surface area contributed by atoms with Gasteiger partial charge in [-0.15, -0.1) is 11.8 Å². The van der Waals surface area contributed by atoms with Gasteiger partial charge < -0.3 is 9.84 Å². The predicted molar refractivity (Wildman–Crippen MR) is 120 cm³/mol. The van der Waals surface area contributed by atoms with Crippen molar-refractivity contribution in [3.8, 4) is 0 Å². The summed E-state index contributed by atoms with van der Waals surface area (Å²) < 4.78 is 5.46. The molecule has 1 aliphatic heterocycles. The molecule has 2 atom stereocenters. The lowest BCUT2D eigenvalue weighted by Crippen LogP contribution is -2.45. The first-order valence-electron chi connectivity index (χ1n) is 9.84.